The summed E-state index contributed by atoms with van der Waals surface area (Å²) in [4.78, 5) is 36.3. The second kappa shape index (κ2) is 5.48. The van der Waals surface area contributed by atoms with Gasteiger partial charge >= 0.3 is 5.97 Å². The van der Waals surface area contributed by atoms with Crippen molar-refractivity contribution in [3.63, 3.8) is 0 Å². The van der Waals surface area contributed by atoms with E-state index in [9.17, 15) is 14.4 Å². The van der Waals surface area contributed by atoms with Crippen LogP contribution in [0, 0.1) is 0 Å². The Labute approximate surface area is 106 Å². The fourth-order valence-corrected chi connectivity index (χ4v) is 2.74. The number of carbonyl (C=O) groups is 3. The second-order valence-corrected chi connectivity index (χ2v) is 4.80. The quantitative estimate of drug-likeness (QED) is 0.558. The minimum absolute atomic E-state index is 0.00727. The Kier molecular flexibility index (Phi) is 3.96. The number of carbonyl (C=O) groups excluding carboxylic acids is 3. The van der Waals surface area contributed by atoms with Crippen molar-refractivity contribution in [2.75, 3.05) is 13.7 Å². The number of imide groups is 1. The lowest BCUT2D eigenvalue weighted by atomic mass is 9.96. The van der Waals surface area contributed by atoms with Crippen molar-refractivity contribution in [2.45, 2.75) is 44.2 Å². The van der Waals surface area contributed by atoms with E-state index >= 15 is 0 Å². The number of piperidine rings is 1. The summed E-state index contributed by atoms with van der Waals surface area (Å²) < 4.78 is 4.68. The van der Waals surface area contributed by atoms with Gasteiger partial charge in [-0.1, -0.05) is 6.42 Å². The maximum atomic E-state index is 11.7. The highest BCUT2D eigenvalue weighted by molar-refractivity contribution is 6.05. The summed E-state index contributed by atoms with van der Waals surface area (Å²) in [5.74, 6) is -0.735. The number of amides is 2. The molecule has 1 N–H and O–H groups in total. The highest BCUT2D eigenvalue weighted by Gasteiger charge is 2.39. The second-order valence-electron chi connectivity index (χ2n) is 4.80. The van der Waals surface area contributed by atoms with Gasteiger partial charge < -0.3 is 4.74 Å². The van der Waals surface area contributed by atoms with Crippen LogP contribution in [0.3, 0.4) is 0 Å². The Morgan fingerprint density at radius 3 is 2.83 bits per heavy atom. The fourth-order valence-electron chi connectivity index (χ4n) is 2.74. The number of hydrogen-bond acceptors (Lipinski definition) is 5. The van der Waals surface area contributed by atoms with Crippen LogP contribution < -0.4 is 5.32 Å². The van der Waals surface area contributed by atoms with E-state index in [2.05, 4.69) is 10.1 Å². The predicted molar refractivity (Wildman–Crippen MR) is 62.5 cm³/mol. The molecule has 0 aromatic carbocycles. The molecule has 2 saturated heterocycles. The van der Waals surface area contributed by atoms with Gasteiger partial charge in [0.15, 0.2) is 0 Å². The average molecular weight is 254 g/mol. The molecule has 6 nitrogen and oxygen atoms in total. The van der Waals surface area contributed by atoms with E-state index < -0.39 is 6.04 Å². The predicted octanol–water partition coefficient (Wildman–Crippen LogP) is -0.181. The van der Waals surface area contributed by atoms with Gasteiger partial charge in [0.1, 0.15) is 0 Å². The number of methoxy groups -OCH3 is 1. The maximum Gasteiger partial charge on any atom is 0.307 e. The molecule has 0 aliphatic carbocycles. The summed E-state index contributed by atoms with van der Waals surface area (Å²) in [6, 6.07) is -0.402. The number of likely N-dealkylation sites (tertiary alicyclic amines) is 1. The van der Waals surface area contributed by atoms with Crippen molar-refractivity contribution in [3.8, 4) is 0 Å². The van der Waals surface area contributed by atoms with Crippen molar-refractivity contribution in [3.05, 3.63) is 0 Å². The lowest BCUT2D eigenvalue weighted by molar-refractivity contribution is -0.143. The van der Waals surface area contributed by atoms with Crippen LogP contribution in [0.4, 0.5) is 0 Å². The number of nitrogens with zero attached hydrogens (tertiary/aromatic N) is 1. The first kappa shape index (κ1) is 13.0. The molecule has 0 radical (unpaired) electrons. The molecular formula is C12H18N2O4. The molecule has 2 atom stereocenters. The van der Waals surface area contributed by atoms with Crippen molar-refractivity contribution in [2.24, 2.45) is 0 Å². The summed E-state index contributed by atoms with van der Waals surface area (Å²) in [5, 5.41) is 2.32. The Morgan fingerprint density at radius 2 is 2.22 bits per heavy atom. The zero-order chi connectivity index (χ0) is 13.1. The van der Waals surface area contributed by atoms with E-state index in [0.29, 0.717) is 0 Å². The molecule has 0 spiro atoms. The zero-order valence-corrected chi connectivity index (χ0v) is 10.5. The van der Waals surface area contributed by atoms with Crippen LogP contribution in [0.15, 0.2) is 0 Å². The molecule has 2 heterocycles. The van der Waals surface area contributed by atoms with Crippen LogP contribution in [0.2, 0.25) is 0 Å². The van der Waals surface area contributed by atoms with Gasteiger partial charge in [0.05, 0.1) is 26.0 Å². The smallest absolute Gasteiger partial charge is 0.307 e. The number of ether oxygens (including phenoxy) is 1. The van der Waals surface area contributed by atoms with Gasteiger partial charge in [-0.05, 0) is 19.4 Å². The van der Waals surface area contributed by atoms with Gasteiger partial charge in [-0.3, -0.25) is 24.6 Å². The van der Waals surface area contributed by atoms with Gasteiger partial charge in [0.25, 0.3) is 0 Å². The third-order valence-electron chi connectivity index (χ3n) is 3.65. The Hall–Kier alpha value is -1.43. The molecule has 0 bridgehead atoms. The number of rotatable bonds is 3. The molecule has 2 fully saturated rings. The minimum Gasteiger partial charge on any atom is -0.469 e. The van der Waals surface area contributed by atoms with E-state index in [1.165, 1.54) is 7.11 Å². The largest absolute Gasteiger partial charge is 0.469 e. The van der Waals surface area contributed by atoms with Crippen molar-refractivity contribution in [1.82, 2.24) is 10.2 Å². The van der Waals surface area contributed by atoms with Crippen LogP contribution >= 0.6 is 0 Å². The van der Waals surface area contributed by atoms with E-state index in [1.54, 1.807) is 0 Å². The molecule has 0 saturated carbocycles. The molecule has 0 aromatic rings. The molecule has 6 heteroatoms. The van der Waals surface area contributed by atoms with Crippen LogP contribution in [-0.2, 0) is 19.1 Å². The third kappa shape index (κ3) is 2.69. The van der Waals surface area contributed by atoms with E-state index in [0.717, 1.165) is 25.8 Å². The monoisotopic (exact) mass is 254 g/mol. The highest BCUT2D eigenvalue weighted by Crippen LogP contribution is 2.25. The summed E-state index contributed by atoms with van der Waals surface area (Å²) in [6.45, 7) is 0.757. The lowest BCUT2D eigenvalue weighted by Gasteiger charge is -2.37. The molecular weight excluding hydrogens is 236 g/mol. The summed E-state index contributed by atoms with van der Waals surface area (Å²) in [6.07, 6.45) is 3.40. The first-order valence-electron chi connectivity index (χ1n) is 6.28. The van der Waals surface area contributed by atoms with Gasteiger partial charge in [-0.25, -0.2) is 0 Å². The molecule has 2 aliphatic rings. The zero-order valence-electron chi connectivity index (χ0n) is 10.5. The van der Waals surface area contributed by atoms with Crippen LogP contribution in [0.5, 0.6) is 0 Å². The molecule has 2 rings (SSSR count). The van der Waals surface area contributed by atoms with Gasteiger partial charge in [-0.15, -0.1) is 0 Å². The van der Waals surface area contributed by atoms with E-state index in [-0.39, 0.29) is 36.7 Å². The lowest BCUT2D eigenvalue weighted by Crippen LogP contribution is -2.50. The molecule has 100 valence electrons. The SMILES string of the molecule is COC(=O)CC1CCCCN1C1CC(=O)NC1=O. The Morgan fingerprint density at radius 1 is 1.44 bits per heavy atom. The van der Waals surface area contributed by atoms with Gasteiger partial charge in [0.2, 0.25) is 11.8 Å². The molecule has 2 unspecified atom stereocenters. The Balaban J connectivity index is 2.05. The number of esters is 1. The maximum absolute atomic E-state index is 11.7. The van der Waals surface area contributed by atoms with Crippen molar-refractivity contribution >= 4 is 17.8 Å². The minimum atomic E-state index is -0.410. The molecule has 2 amide bonds. The van der Waals surface area contributed by atoms with Gasteiger partial charge in [0, 0.05) is 6.04 Å². The molecule has 18 heavy (non-hydrogen) atoms. The molecule has 2 aliphatic heterocycles. The van der Waals surface area contributed by atoms with Gasteiger partial charge in [-0.2, -0.15) is 0 Å². The van der Waals surface area contributed by atoms with E-state index in [1.807, 2.05) is 4.90 Å². The normalized spacial score (nSPS) is 29.2. The van der Waals surface area contributed by atoms with Crippen LogP contribution in [-0.4, -0.2) is 48.4 Å². The molecule has 0 aromatic heterocycles. The first-order chi connectivity index (χ1) is 8.61. The highest BCUT2D eigenvalue weighted by atomic mass is 16.5. The Bertz CT molecular complexity index is 369. The van der Waals surface area contributed by atoms with Crippen LogP contribution in [0.1, 0.15) is 32.1 Å². The van der Waals surface area contributed by atoms with Crippen molar-refractivity contribution < 1.29 is 19.1 Å². The summed E-state index contributed by atoms with van der Waals surface area (Å²) in [5.41, 5.74) is 0. The first-order valence-corrected chi connectivity index (χ1v) is 6.28. The third-order valence-corrected chi connectivity index (χ3v) is 3.65. The van der Waals surface area contributed by atoms with Crippen LogP contribution in [0.25, 0.3) is 0 Å². The number of nitrogens with one attached hydrogen (secondary N) is 1. The summed E-state index contributed by atoms with van der Waals surface area (Å²) in [7, 11) is 1.36. The topological polar surface area (TPSA) is 75.7 Å². The van der Waals surface area contributed by atoms with E-state index in [4.69, 9.17) is 0 Å². The van der Waals surface area contributed by atoms with Crippen molar-refractivity contribution in [1.29, 1.82) is 0 Å². The number of hydrogen-bond donors (Lipinski definition) is 1. The standard InChI is InChI=1S/C12H18N2O4/c1-18-11(16)6-8-4-2-3-5-14(8)9-7-10(15)13-12(9)17/h8-9H,2-7H2,1H3,(H,13,15,17). The summed E-state index contributed by atoms with van der Waals surface area (Å²) >= 11 is 0. The average Bonchev–Trinajstić information content (AvgIpc) is 2.69. The fraction of sp³-hybridized carbons (Fsp3) is 0.750.